The maximum absolute atomic E-state index is 11.7. The van der Waals surface area contributed by atoms with Crippen LogP contribution in [0.3, 0.4) is 0 Å². The number of methoxy groups -OCH3 is 1. The van der Waals surface area contributed by atoms with Gasteiger partial charge in [-0.2, -0.15) is 0 Å². The van der Waals surface area contributed by atoms with Gasteiger partial charge < -0.3 is 9.47 Å². The van der Waals surface area contributed by atoms with Crippen LogP contribution in [0.2, 0.25) is 0 Å². The minimum atomic E-state index is -0.809. The molecule has 0 aliphatic carbocycles. The maximum Gasteiger partial charge on any atom is 0.379 e. The van der Waals surface area contributed by atoms with E-state index in [1.807, 2.05) is 6.07 Å². The van der Waals surface area contributed by atoms with E-state index >= 15 is 0 Å². The van der Waals surface area contributed by atoms with Gasteiger partial charge in [-0.05, 0) is 25.0 Å². The van der Waals surface area contributed by atoms with E-state index < -0.39 is 11.8 Å². The van der Waals surface area contributed by atoms with Crippen LogP contribution in [0.1, 0.15) is 22.8 Å². The van der Waals surface area contributed by atoms with Crippen molar-refractivity contribution in [3.8, 4) is 0 Å². The van der Waals surface area contributed by atoms with Gasteiger partial charge in [0.25, 0.3) is 5.78 Å². The molecule has 1 aromatic rings. The summed E-state index contributed by atoms with van der Waals surface area (Å²) < 4.78 is 9.62. The van der Waals surface area contributed by atoms with E-state index in [9.17, 15) is 9.59 Å². The minimum Gasteiger partial charge on any atom is -0.460 e. The SMILES string of the molecule is CCOC(=O)C(=O)c1cccc(CCOC)c1. The first kappa shape index (κ1) is 13.4. The van der Waals surface area contributed by atoms with Crippen molar-refractivity contribution in [1.82, 2.24) is 0 Å². The number of hydrogen-bond acceptors (Lipinski definition) is 4. The van der Waals surface area contributed by atoms with E-state index in [1.54, 1.807) is 32.2 Å². The standard InChI is InChI=1S/C13H16O4/c1-3-17-13(15)12(14)11-6-4-5-10(9-11)7-8-16-2/h4-6,9H,3,7-8H2,1-2H3. The fourth-order valence-electron chi connectivity index (χ4n) is 1.40. The molecule has 0 fully saturated rings. The highest BCUT2D eigenvalue weighted by Gasteiger charge is 2.17. The fourth-order valence-corrected chi connectivity index (χ4v) is 1.40. The lowest BCUT2D eigenvalue weighted by Crippen LogP contribution is -2.17. The molecular weight excluding hydrogens is 220 g/mol. The van der Waals surface area contributed by atoms with Crippen molar-refractivity contribution < 1.29 is 19.1 Å². The number of carbonyl (C=O) groups excluding carboxylic acids is 2. The topological polar surface area (TPSA) is 52.6 Å². The van der Waals surface area contributed by atoms with Gasteiger partial charge in [0, 0.05) is 12.7 Å². The van der Waals surface area contributed by atoms with Gasteiger partial charge in [-0.3, -0.25) is 4.79 Å². The van der Waals surface area contributed by atoms with Gasteiger partial charge in [-0.15, -0.1) is 0 Å². The van der Waals surface area contributed by atoms with Gasteiger partial charge in [-0.1, -0.05) is 18.2 Å². The molecule has 0 aromatic heterocycles. The third-order valence-electron chi connectivity index (χ3n) is 2.24. The van der Waals surface area contributed by atoms with Crippen molar-refractivity contribution in [2.75, 3.05) is 20.3 Å². The second-order valence-corrected chi connectivity index (χ2v) is 3.49. The van der Waals surface area contributed by atoms with Gasteiger partial charge in [-0.25, -0.2) is 4.79 Å². The molecule has 0 saturated carbocycles. The predicted octanol–water partition coefficient (Wildman–Crippen LogP) is 1.62. The Labute approximate surface area is 101 Å². The summed E-state index contributed by atoms with van der Waals surface area (Å²) >= 11 is 0. The van der Waals surface area contributed by atoms with Gasteiger partial charge in [0.2, 0.25) is 0 Å². The molecular formula is C13H16O4. The van der Waals surface area contributed by atoms with Crippen LogP contribution in [0.5, 0.6) is 0 Å². The first-order chi connectivity index (χ1) is 8.19. The summed E-state index contributed by atoms with van der Waals surface area (Å²) in [5.41, 5.74) is 1.32. The van der Waals surface area contributed by atoms with E-state index in [1.165, 1.54) is 0 Å². The first-order valence-electron chi connectivity index (χ1n) is 5.48. The van der Waals surface area contributed by atoms with Crippen molar-refractivity contribution in [2.45, 2.75) is 13.3 Å². The average molecular weight is 236 g/mol. The largest absolute Gasteiger partial charge is 0.460 e. The van der Waals surface area contributed by atoms with Crippen LogP contribution in [0.15, 0.2) is 24.3 Å². The Morgan fingerprint density at radius 2 is 2.06 bits per heavy atom. The maximum atomic E-state index is 11.7. The van der Waals surface area contributed by atoms with Crippen molar-refractivity contribution in [2.24, 2.45) is 0 Å². The number of carbonyl (C=O) groups is 2. The number of benzene rings is 1. The Balaban J connectivity index is 2.76. The monoisotopic (exact) mass is 236 g/mol. The number of ketones is 1. The smallest absolute Gasteiger partial charge is 0.379 e. The minimum absolute atomic E-state index is 0.202. The number of Topliss-reactive ketones (excluding diaryl/α,β-unsaturated/α-hetero) is 1. The molecule has 0 aliphatic rings. The van der Waals surface area contributed by atoms with E-state index in [-0.39, 0.29) is 6.61 Å². The molecule has 4 heteroatoms. The third kappa shape index (κ3) is 4.00. The Bertz CT molecular complexity index is 398. The van der Waals surface area contributed by atoms with Crippen LogP contribution in [-0.2, 0) is 20.7 Å². The number of hydrogen-bond donors (Lipinski definition) is 0. The van der Waals surface area contributed by atoms with Crippen LogP contribution < -0.4 is 0 Å². The highest BCUT2D eigenvalue weighted by Crippen LogP contribution is 2.08. The molecule has 0 amide bonds. The molecule has 0 spiro atoms. The number of ether oxygens (including phenoxy) is 2. The lowest BCUT2D eigenvalue weighted by molar-refractivity contribution is -0.137. The predicted molar refractivity (Wildman–Crippen MR) is 63.0 cm³/mol. The highest BCUT2D eigenvalue weighted by molar-refractivity contribution is 6.40. The van der Waals surface area contributed by atoms with Gasteiger partial charge in [0.15, 0.2) is 0 Å². The third-order valence-corrected chi connectivity index (χ3v) is 2.24. The summed E-state index contributed by atoms with van der Waals surface area (Å²) in [5.74, 6) is -1.41. The molecule has 4 nitrogen and oxygen atoms in total. The summed E-state index contributed by atoms with van der Waals surface area (Å²) in [7, 11) is 1.62. The highest BCUT2D eigenvalue weighted by atomic mass is 16.5. The second kappa shape index (κ2) is 6.81. The zero-order valence-electron chi connectivity index (χ0n) is 10.1. The van der Waals surface area contributed by atoms with E-state index in [0.29, 0.717) is 18.6 Å². The van der Waals surface area contributed by atoms with Crippen molar-refractivity contribution in [3.63, 3.8) is 0 Å². The molecule has 0 bridgehead atoms. The van der Waals surface area contributed by atoms with Crippen LogP contribution >= 0.6 is 0 Å². The molecule has 1 aromatic carbocycles. The summed E-state index contributed by atoms with van der Waals surface area (Å²) in [6, 6.07) is 6.94. The molecule has 0 heterocycles. The number of rotatable bonds is 6. The Hall–Kier alpha value is -1.68. The molecule has 0 radical (unpaired) electrons. The normalized spacial score (nSPS) is 10.0. The zero-order chi connectivity index (χ0) is 12.7. The summed E-state index contributed by atoms with van der Waals surface area (Å²) in [6.07, 6.45) is 0.709. The lowest BCUT2D eigenvalue weighted by Gasteiger charge is -2.04. The summed E-state index contributed by atoms with van der Waals surface area (Å²) in [6.45, 7) is 2.45. The Kier molecular flexibility index (Phi) is 5.36. The van der Waals surface area contributed by atoms with Gasteiger partial charge in [0.1, 0.15) is 0 Å². The molecule has 0 unspecified atom stereocenters. The fraction of sp³-hybridized carbons (Fsp3) is 0.385. The molecule has 0 atom stereocenters. The van der Waals surface area contributed by atoms with E-state index in [4.69, 9.17) is 4.74 Å². The molecule has 0 aliphatic heterocycles. The van der Waals surface area contributed by atoms with E-state index in [2.05, 4.69) is 4.74 Å². The van der Waals surface area contributed by atoms with Crippen LogP contribution in [0, 0.1) is 0 Å². The lowest BCUT2D eigenvalue weighted by atomic mass is 10.1. The Morgan fingerprint density at radius 3 is 2.71 bits per heavy atom. The van der Waals surface area contributed by atoms with Crippen molar-refractivity contribution >= 4 is 11.8 Å². The Morgan fingerprint density at radius 1 is 1.29 bits per heavy atom. The molecule has 92 valence electrons. The number of esters is 1. The average Bonchev–Trinajstić information content (AvgIpc) is 2.36. The molecule has 0 saturated heterocycles. The summed E-state index contributed by atoms with van der Waals surface area (Å²) in [5, 5.41) is 0. The first-order valence-corrected chi connectivity index (χ1v) is 5.48. The quantitative estimate of drug-likeness (QED) is 0.428. The van der Waals surface area contributed by atoms with Gasteiger partial charge >= 0.3 is 5.97 Å². The second-order valence-electron chi connectivity index (χ2n) is 3.49. The van der Waals surface area contributed by atoms with Crippen LogP contribution in [-0.4, -0.2) is 32.1 Å². The van der Waals surface area contributed by atoms with Gasteiger partial charge in [0.05, 0.1) is 13.2 Å². The van der Waals surface area contributed by atoms with Crippen LogP contribution in [0.4, 0.5) is 0 Å². The zero-order valence-corrected chi connectivity index (χ0v) is 10.1. The van der Waals surface area contributed by atoms with Crippen molar-refractivity contribution in [3.05, 3.63) is 35.4 Å². The van der Waals surface area contributed by atoms with Crippen molar-refractivity contribution in [1.29, 1.82) is 0 Å². The van der Waals surface area contributed by atoms with E-state index in [0.717, 1.165) is 5.56 Å². The molecule has 17 heavy (non-hydrogen) atoms. The summed E-state index contributed by atoms with van der Waals surface area (Å²) in [4.78, 5) is 22.9. The molecule has 1 rings (SSSR count). The molecule has 0 N–H and O–H groups in total. The van der Waals surface area contributed by atoms with Crippen LogP contribution in [0.25, 0.3) is 0 Å².